The molecule has 0 amide bonds. The van der Waals surface area contributed by atoms with Gasteiger partial charge < -0.3 is 4.42 Å². The number of allylic oxidation sites excluding steroid dienone is 8. The van der Waals surface area contributed by atoms with Crippen molar-refractivity contribution in [3.8, 4) is 33.4 Å². The van der Waals surface area contributed by atoms with E-state index in [2.05, 4.69) is 188 Å². The van der Waals surface area contributed by atoms with E-state index in [1.165, 1.54) is 71.4 Å². The van der Waals surface area contributed by atoms with E-state index in [1.807, 2.05) is 6.07 Å². The number of rotatable bonds is 4. The molecule has 9 aromatic rings. The van der Waals surface area contributed by atoms with Gasteiger partial charge in [-0.25, -0.2) is 0 Å². The summed E-state index contributed by atoms with van der Waals surface area (Å²) in [7, 11) is 0. The summed E-state index contributed by atoms with van der Waals surface area (Å²) < 4.78 is 6.45. The average molecular weight is 675 g/mol. The van der Waals surface area contributed by atoms with E-state index in [-0.39, 0.29) is 0 Å². The third-order valence-electron chi connectivity index (χ3n) is 11.4. The van der Waals surface area contributed by atoms with Crippen LogP contribution >= 0.6 is 0 Å². The van der Waals surface area contributed by atoms with Gasteiger partial charge >= 0.3 is 0 Å². The van der Waals surface area contributed by atoms with Crippen molar-refractivity contribution in [1.29, 1.82) is 0 Å². The zero-order valence-corrected chi connectivity index (χ0v) is 29.0. The third-order valence-corrected chi connectivity index (χ3v) is 11.4. The van der Waals surface area contributed by atoms with Gasteiger partial charge in [0.1, 0.15) is 11.2 Å². The van der Waals surface area contributed by atoms with Crippen LogP contribution in [-0.2, 0) is 0 Å². The maximum atomic E-state index is 6.45. The minimum absolute atomic E-state index is 0.355. The molecule has 8 aromatic carbocycles. The molecule has 0 saturated carbocycles. The minimum Gasteiger partial charge on any atom is -0.455 e. The molecule has 0 saturated heterocycles. The zero-order chi connectivity index (χ0) is 34.9. The molecule has 0 spiro atoms. The van der Waals surface area contributed by atoms with Gasteiger partial charge in [0.05, 0.1) is 0 Å². The largest absolute Gasteiger partial charge is 0.455 e. The fourth-order valence-electron chi connectivity index (χ4n) is 9.04. The van der Waals surface area contributed by atoms with Crippen molar-refractivity contribution >= 4 is 59.8 Å². The molecule has 1 aromatic heterocycles. The predicted octanol–water partition coefficient (Wildman–Crippen LogP) is 14.4. The number of furan rings is 1. The lowest BCUT2D eigenvalue weighted by Gasteiger charge is -2.27. The molecule has 1 nitrogen and oxygen atoms in total. The highest BCUT2D eigenvalue weighted by Gasteiger charge is 2.25. The lowest BCUT2D eigenvalue weighted by atomic mass is 9.76. The molecule has 2 aliphatic rings. The summed E-state index contributed by atoms with van der Waals surface area (Å²) in [5.41, 5.74) is 11.9. The van der Waals surface area contributed by atoms with E-state index in [9.17, 15) is 0 Å². The zero-order valence-electron chi connectivity index (χ0n) is 29.0. The average Bonchev–Trinajstić information content (AvgIpc) is 3.61. The predicted molar refractivity (Wildman–Crippen MR) is 225 cm³/mol. The van der Waals surface area contributed by atoms with Crippen LogP contribution in [0.1, 0.15) is 5.56 Å². The number of hydrogen-bond acceptors (Lipinski definition) is 1. The monoisotopic (exact) mass is 674 g/mol. The van der Waals surface area contributed by atoms with Gasteiger partial charge in [0.25, 0.3) is 0 Å². The standard InChI is InChI=1S/C52H34O/c1-2-20-38-33(14-1)15-13-28-39(38)34-16-11-18-36(30-34)50-42-23-4-6-25-44(42)51(45-26-7-5-24-43(45)50)37-19-12-17-35(31-37)47-32-48-41-22-9-10-29-49(41)53-52(48)46-27-8-3-21-40(46)47/h1-33,38H. The van der Waals surface area contributed by atoms with Crippen LogP contribution in [0, 0.1) is 11.8 Å². The second kappa shape index (κ2) is 11.9. The summed E-state index contributed by atoms with van der Waals surface area (Å²) in [5, 5.41) is 9.65. The van der Waals surface area contributed by atoms with E-state index < -0.39 is 0 Å². The molecule has 0 N–H and O–H groups in total. The highest BCUT2D eigenvalue weighted by Crippen LogP contribution is 2.46. The molecule has 53 heavy (non-hydrogen) atoms. The first-order chi connectivity index (χ1) is 26.3. The Labute approximate surface area is 308 Å². The number of para-hydroxylation sites is 1. The Morgan fingerprint density at radius 1 is 0.377 bits per heavy atom. The lowest BCUT2D eigenvalue weighted by molar-refractivity contribution is 0.672. The maximum absolute atomic E-state index is 6.45. The van der Waals surface area contributed by atoms with Crippen molar-refractivity contribution in [1.82, 2.24) is 0 Å². The molecule has 0 bridgehead atoms. The van der Waals surface area contributed by atoms with E-state index in [4.69, 9.17) is 4.42 Å². The molecule has 1 heterocycles. The van der Waals surface area contributed by atoms with Crippen molar-refractivity contribution in [3.05, 3.63) is 200 Å². The summed E-state index contributed by atoms with van der Waals surface area (Å²) in [5.74, 6) is 0.757. The molecular formula is C52H34O. The minimum atomic E-state index is 0.355. The molecule has 0 fully saturated rings. The summed E-state index contributed by atoms with van der Waals surface area (Å²) in [6.45, 7) is 0. The second-order valence-electron chi connectivity index (χ2n) is 14.3. The Balaban J connectivity index is 1.12. The summed E-state index contributed by atoms with van der Waals surface area (Å²) in [6, 6.07) is 55.6. The lowest BCUT2D eigenvalue weighted by Crippen LogP contribution is -2.14. The SMILES string of the molecule is C1=CC2C=CC=C(c3cccc(-c4c5ccccc5c(-c5cccc(-c6cc7c8ccccc8oc7c7ccccc67)c5)c5ccccc45)c3)C2C=C1. The van der Waals surface area contributed by atoms with E-state index in [0.29, 0.717) is 11.8 Å². The van der Waals surface area contributed by atoms with Gasteiger partial charge in [-0.3, -0.25) is 0 Å². The molecular weight excluding hydrogens is 641 g/mol. The number of hydrogen-bond donors (Lipinski definition) is 0. The third kappa shape index (κ3) is 4.71. The Kier molecular flexibility index (Phi) is 6.75. The van der Waals surface area contributed by atoms with Gasteiger partial charge in [-0.15, -0.1) is 0 Å². The van der Waals surface area contributed by atoms with E-state index >= 15 is 0 Å². The fraction of sp³-hybridized carbons (Fsp3) is 0.0385. The van der Waals surface area contributed by atoms with E-state index in [1.54, 1.807) is 0 Å². The molecule has 0 radical (unpaired) electrons. The first-order valence-corrected chi connectivity index (χ1v) is 18.5. The first kappa shape index (κ1) is 30.0. The highest BCUT2D eigenvalue weighted by molar-refractivity contribution is 6.22. The maximum Gasteiger partial charge on any atom is 0.143 e. The molecule has 2 aliphatic carbocycles. The Morgan fingerprint density at radius 3 is 1.60 bits per heavy atom. The molecule has 2 unspecified atom stereocenters. The highest BCUT2D eigenvalue weighted by atomic mass is 16.3. The van der Waals surface area contributed by atoms with Crippen molar-refractivity contribution in [2.75, 3.05) is 0 Å². The Bertz CT molecular complexity index is 3010. The summed E-state index contributed by atoms with van der Waals surface area (Å²) >= 11 is 0. The quantitative estimate of drug-likeness (QED) is 0.169. The van der Waals surface area contributed by atoms with Crippen molar-refractivity contribution in [2.45, 2.75) is 0 Å². The van der Waals surface area contributed by atoms with Gasteiger partial charge in [0.15, 0.2) is 0 Å². The molecule has 11 rings (SSSR count). The van der Waals surface area contributed by atoms with Gasteiger partial charge in [-0.2, -0.15) is 0 Å². The molecule has 248 valence electrons. The van der Waals surface area contributed by atoms with Crippen LogP contribution in [0.3, 0.4) is 0 Å². The molecule has 2 atom stereocenters. The Morgan fingerprint density at radius 2 is 0.906 bits per heavy atom. The summed E-state index contributed by atoms with van der Waals surface area (Å²) in [6.07, 6.45) is 15.8. The molecule has 0 aliphatic heterocycles. The number of fused-ring (bicyclic) bond motifs is 8. The van der Waals surface area contributed by atoms with Crippen molar-refractivity contribution in [3.63, 3.8) is 0 Å². The topological polar surface area (TPSA) is 13.1 Å². The molecule has 1 heteroatoms. The van der Waals surface area contributed by atoms with Crippen LogP contribution in [0.25, 0.3) is 93.2 Å². The van der Waals surface area contributed by atoms with Gasteiger partial charge in [0.2, 0.25) is 0 Å². The van der Waals surface area contributed by atoms with Gasteiger partial charge in [-0.1, -0.05) is 170 Å². The normalized spacial score (nSPS) is 16.6. The van der Waals surface area contributed by atoms with Crippen molar-refractivity contribution < 1.29 is 4.42 Å². The van der Waals surface area contributed by atoms with Crippen LogP contribution in [0.4, 0.5) is 0 Å². The first-order valence-electron chi connectivity index (χ1n) is 18.5. The van der Waals surface area contributed by atoms with Gasteiger partial charge in [-0.05, 0) is 95.7 Å². The van der Waals surface area contributed by atoms with E-state index in [0.717, 1.165) is 27.3 Å². The smallest absolute Gasteiger partial charge is 0.143 e. The van der Waals surface area contributed by atoms with Crippen LogP contribution in [0.5, 0.6) is 0 Å². The number of benzene rings is 8. The van der Waals surface area contributed by atoms with Crippen LogP contribution < -0.4 is 0 Å². The fourth-order valence-corrected chi connectivity index (χ4v) is 9.04. The van der Waals surface area contributed by atoms with Gasteiger partial charge in [0, 0.05) is 28.0 Å². The second-order valence-corrected chi connectivity index (χ2v) is 14.3. The summed E-state index contributed by atoms with van der Waals surface area (Å²) in [4.78, 5) is 0. The van der Waals surface area contributed by atoms with Crippen LogP contribution in [-0.4, -0.2) is 0 Å². The van der Waals surface area contributed by atoms with Crippen LogP contribution in [0.15, 0.2) is 199 Å². The van der Waals surface area contributed by atoms with Crippen molar-refractivity contribution in [2.24, 2.45) is 11.8 Å². The Hall–Kier alpha value is -6.70. The van der Waals surface area contributed by atoms with Crippen LogP contribution in [0.2, 0.25) is 0 Å².